The Kier molecular flexibility index (Phi) is 2.47. The topological polar surface area (TPSA) is 75.5 Å². The molecule has 1 aliphatic heterocycles. The summed E-state index contributed by atoms with van der Waals surface area (Å²) in [6, 6.07) is 4.55. The standard InChI is InChI=1S/C10H11N3O3/c1-11-10(14)12-6-5-7-8(12)3-2-4-9(7)13(15)16/h2-4H,5-6H2,1H3,(H,11,14). The van der Waals surface area contributed by atoms with Crippen LogP contribution in [0.5, 0.6) is 0 Å². The van der Waals surface area contributed by atoms with Crippen LogP contribution in [0.3, 0.4) is 0 Å². The van der Waals surface area contributed by atoms with E-state index in [0.29, 0.717) is 24.2 Å². The van der Waals surface area contributed by atoms with Crippen molar-refractivity contribution in [1.29, 1.82) is 0 Å². The van der Waals surface area contributed by atoms with Gasteiger partial charge in [-0.15, -0.1) is 0 Å². The number of carbonyl (C=O) groups excluding carboxylic acids is 1. The van der Waals surface area contributed by atoms with Gasteiger partial charge in [-0.2, -0.15) is 0 Å². The zero-order valence-electron chi connectivity index (χ0n) is 8.77. The molecule has 0 saturated carbocycles. The minimum absolute atomic E-state index is 0.0869. The number of nitrogens with one attached hydrogen (secondary N) is 1. The third-order valence-electron chi connectivity index (χ3n) is 2.66. The van der Waals surface area contributed by atoms with E-state index in [4.69, 9.17) is 0 Å². The van der Waals surface area contributed by atoms with E-state index in [-0.39, 0.29) is 11.7 Å². The molecular weight excluding hydrogens is 210 g/mol. The van der Waals surface area contributed by atoms with E-state index < -0.39 is 4.92 Å². The number of amides is 2. The molecule has 6 heteroatoms. The Morgan fingerprint density at radius 2 is 2.31 bits per heavy atom. The molecule has 2 rings (SSSR count). The second-order valence-electron chi connectivity index (χ2n) is 3.49. The number of anilines is 1. The quantitative estimate of drug-likeness (QED) is 0.573. The highest BCUT2D eigenvalue weighted by molar-refractivity contribution is 5.94. The Morgan fingerprint density at radius 3 is 2.94 bits per heavy atom. The van der Waals surface area contributed by atoms with Gasteiger partial charge in [-0.3, -0.25) is 15.0 Å². The molecule has 0 saturated heterocycles. The molecule has 0 unspecified atom stereocenters. The lowest BCUT2D eigenvalue weighted by Gasteiger charge is -2.15. The van der Waals surface area contributed by atoms with Gasteiger partial charge >= 0.3 is 6.03 Å². The SMILES string of the molecule is CNC(=O)N1CCc2c1cccc2[N+](=O)[O-]. The number of carbonyl (C=O) groups is 1. The van der Waals surface area contributed by atoms with Crippen LogP contribution in [0.25, 0.3) is 0 Å². The molecule has 16 heavy (non-hydrogen) atoms. The van der Waals surface area contributed by atoms with Crippen LogP contribution in [0.4, 0.5) is 16.2 Å². The number of benzene rings is 1. The number of nitrogens with zero attached hydrogens (tertiary/aromatic N) is 2. The predicted molar refractivity (Wildman–Crippen MR) is 58.6 cm³/mol. The normalized spacial score (nSPS) is 13.4. The third kappa shape index (κ3) is 1.48. The summed E-state index contributed by atoms with van der Waals surface area (Å²) in [4.78, 5) is 23.4. The second-order valence-corrected chi connectivity index (χ2v) is 3.49. The van der Waals surface area contributed by atoms with Crippen molar-refractivity contribution >= 4 is 17.4 Å². The molecule has 0 spiro atoms. The van der Waals surface area contributed by atoms with E-state index in [2.05, 4.69) is 5.32 Å². The fraction of sp³-hybridized carbons (Fsp3) is 0.300. The molecule has 84 valence electrons. The zero-order valence-corrected chi connectivity index (χ0v) is 8.77. The highest BCUT2D eigenvalue weighted by Crippen LogP contribution is 2.34. The van der Waals surface area contributed by atoms with E-state index >= 15 is 0 Å². The molecule has 0 aromatic heterocycles. The maximum absolute atomic E-state index is 11.5. The summed E-state index contributed by atoms with van der Waals surface area (Å²) in [7, 11) is 1.54. The molecule has 6 nitrogen and oxygen atoms in total. The molecule has 0 aliphatic carbocycles. The van der Waals surface area contributed by atoms with E-state index in [1.807, 2.05) is 0 Å². The lowest BCUT2D eigenvalue weighted by atomic mass is 10.1. The molecule has 2 amide bonds. The number of hydrogen-bond acceptors (Lipinski definition) is 3. The molecule has 1 aromatic carbocycles. The summed E-state index contributed by atoms with van der Waals surface area (Å²) in [6.07, 6.45) is 0.528. The van der Waals surface area contributed by atoms with Crippen LogP contribution >= 0.6 is 0 Å². The van der Waals surface area contributed by atoms with Crippen molar-refractivity contribution in [2.45, 2.75) is 6.42 Å². The summed E-state index contributed by atoms with van der Waals surface area (Å²) >= 11 is 0. The van der Waals surface area contributed by atoms with Crippen LogP contribution in [0.15, 0.2) is 18.2 Å². The Labute approximate surface area is 92.0 Å². The fourth-order valence-corrected chi connectivity index (χ4v) is 1.93. The van der Waals surface area contributed by atoms with E-state index in [0.717, 1.165) is 0 Å². The average molecular weight is 221 g/mol. The van der Waals surface area contributed by atoms with Crippen LogP contribution in [-0.2, 0) is 6.42 Å². The summed E-state index contributed by atoms with van der Waals surface area (Å²) in [5.41, 5.74) is 1.36. The number of nitro groups is 1. The van der Waals surface area contributed by atoms with Gasteiger partial charge in [-0.1, -0.05) is 6.07 Å². The van der Waals surface area contributed by atoms with Crippen LogP contribution < -0.4 is 10.2 Å². The van der Waals surface area contributed by atoms with Crippen LogP contribution in [-0.4, -0.2) is 24.5 Å². The van der Waals surface area contributed by atoms with E-state index in [1.54, 1.807) is 12.1 Å². The number of fused-ring (bicyclic) bond motifs is 1. The van der Waals surface area contributed by atoms with Crippen molar-refractivity contribution in [1.82, 2.24) is 5.32 Å². The van der Waals surface area contributed by atoms with E-state index in [1.165, 1.54) is 18.0 Å². The van der Waals surface area contributed by atoms with Crippen molar-refractivity contribution in [2.75, 3.05) is 18.5 Å². The van der Waals surface area contributed by atoms with Crippen molar-refractivity contribution in [3.63, 3.8) is 0 Å². The lowest BCUT2D eigenvalue weighted by Crippen LogP contribution is -2.36. The monoisotopic (exact) mass is 221 g/mol. The first kappa shape index (κ1) is 10.4. The molecule has 0 fully saturated rings. The van der Waals surface area contributed by atoms with Crippen LogP contribution in [0, 0.1) is 10.1 Å². The molecule has 1 N–H and O–H groups in total. The third-order valence-corrected chi connectivity index (χ3v) is 2.66. The van der Waals surface area contributed by atoms with Gasteiger partial charge in [0.2, 0.25) is 0 Å². The molecule has 0 radical (unpaired) electrons. The van der Waals surface area contributed by atoms with Gasteiger partial charge in [0.1, 0.15) is 0 Å². The number of nitro benzene ring substituents is 1. The first-order chi connectivity index (χ1) is 7.65. The average Bonchev–Trinajstić information content (AvgIpc) is 2.71. The number of hydrogen-bond donors (Lipinski definition) is 1. The molecule has 1 aliphatic rings. The maximum Gasteiger partial charge on any atom is 0.321 e. The van der Waals surface area contributed by atoms with E-state index in [9.17, 15) is 14.9 Å². The summed E-state index contributed by atoms with van der Waals surface area (Å²) in [5.74, 6) is 0. The Morgan fingerprint density at radius 1 is 1.56 bits per heavy atom. The van der Waals surface area contributed by atoms with Gasteiger partial charge in [-0.25, -0.2) is 4.79 Å². The summed E-state index contributed by atoms with van der Waals surface area (Å²) < 4.78 is 0. The molecular formula is C10H11N3O3. The van der Waals surface area contributed by atoms with Gasteiger partial charge in [0.25, 0.3) is 5.69 Å². The van der Waals surface area contributed by atoms with Gasteiger partial charge in [0.05, 0.1) is 16.2 Å². The molecule has 0 atom stereocenters. The maximum atomic E-state index is 11.5. The number of urea groups is 1. The second kappa shape index (κ2) is 3.80. The first-order valence-electron chi connectivity index (χ1n) is 4.90. The van der Waals surface area contributed by atoms with Crippen molar-refractivity contribution in [2.24, 2.45) is 0 Å². The summed E-state index contributed by atoms with van der Waals surface area (Å²) in [5, 5.41) is 13.3. The largest absolute Gasteiger partial charge is 0.341 e. The smallest absolute Gasteiger partial charge is 0.321 e. The highest BCUT2D eigenvalue weighted by Gasteiger charge is 2.29. The predicted octanol–water partition coefficient (Wildman–Crippen LogP) is 1.30. The molecule has 1 aromatic rings. The fourth-order valence-electron chi connectivity index (χ4n) is 1.93. The molecule has 1 heterocycles. The van der Waals surface area contributed by atoms with Crippen LogP contribution in [0.2, 0.25) is 0 Å². The van der Waals surface area contributed by atoms with Crippen molar-refractivity contribution in [3.8, 4) is 0 Å². The zero-order chi connectivity index (χ0) is 11.7. The van der Waals surface area contributed by atoms with Crippen LogP contribution in [0.1, 0.15) is 5.56 Å². The Balaban J connectivity index is 2.45. The van der Waals surface area contributed by atoms with Gasteiger partial charge in [0, 0.05) is 19.7 Å². The van der Waals surface area contributed by atoms with Gasteiger partial charge < -0.3 is 5.32 Å². The Hall–Kier alpha value is -2.11. The summed E-state index contributed by atoms with van der Waals surface area (Å²) in [6.45, 7) is 0.486. The van der Waals surface area contributed by atoms with Gasteiger partial charge in [0.15, 0.2) is 0 Å². The molecule has 0 bridgehead atoms. The first-order valence-corrected chi connectivity index (χ1v) is 4.90. The highest BCUT2D eigenvalue weighted by atomic mass is 16.6. The van der Waals surface area contributed by atoms with Gasteiger partial charge in [-0.05, 0) is 12.5 Å². The lowest BCUT2D eigenvalue weighted by molar-refractivity contribution is -0.385. The minimum atomic E-state index is -0.411. The Bertz CT molecular complexity index is 459. The number of rotatable bonds is 1. The minimum Gasteiger partial charge on any atom is -0.341 e. The van der Waals surface area contributed by atoms with Crippen molar-refractivity contribution in [3.05, 3.63) is 33.9 Å². The van der Waals surface area contributed by atoms with Crippen molar-refractivity contribution < 1.29 is 9.72 Å².